The molecule has 1 aliphatic carbocycles. The minimum Gasteiger partial charge on any atom is -0.476 e. The highest BCUT2D eigenvalue weighted by Crippen LogP contribution is 2.40. The first-order valence-electron chi connectivity index (χ1n) is 15.5. The number of amides is 2. The first-order valence-corrected chi connectivity index (χ1v) is 15.5. The van der Waals surface area contributed by atoms with E-state index in [-0.39, 0.29) is 41.7 Å². The van der Waals surface area contributed by atoms with Gasteiger partial charge in [0.1, 0.15) is 29.6 Å². The average Bonchev–Trinajstić information content (AvgIpc) is 3.53. The van der Waals surface area contributed by atoms with E-state index < -0.39 is 0 Å². The second-order valence-corrected chi connectivity index (χ2v) is 12.5. The van der Waals surface area contributed by atoms with Crippen LogP contribution in [0.4, 0.5) is 17.3 Å². The number of anilines is 3. The normalized spacial score (nSPS) is 15.0. The Bertz CT molecular complexity index is 1880. The molecule has 0 radical (unpaired) electrons. The second kappa shape index (κ2) is 12.4. The molecule has 0 atom stereocenters. The van der Waals surface area contributed by atoms with Crippen molar-refractivity contribution in [1.82, 2.24) is 24.4 Å². The van der Waals surface area contributed by atoms with Gasteiger partial charge >= 0.3 is 0 Å². The maximum atomic E-state index is 13.8. The van der Waals surface area contributed by atoms with E-state index in [4.69, 9.17) is 4.74 Å². The number of fused-ring (bicyclic) bond motifs is 3. The summed E-state index contributed by atoms with van der Waals surface area (Å²) in [5, 5.41) is 16.5. The number of aromatic nitrogens is 4. The van der Waals surface area contributed by atoms with E-state index in [9.17, 15) is 19.5 Å². The maximum Gasteiger partial charge on any atom is 0.276 e. The van der Waals surface area contributed by atoms with E-state index >= 15 is 0 Å². The number of hydrogen-bond donors (Lipinski definition) is 3. The van der Waals surface area contributed by atoms with Gasteiger partial charge in [0, 0.05) is 61.8 Å². The van der Waals surface area contributed by atoms with Gasteiger partial charge in [0.15, 0.2) is 0 Å². The number of aryl methyl sites for hydroxylation is 1. The zero-order valence-electron chi connectivity index (χ0n) is 26.6. The minimum atomic E-state index is -0.348. The van der Waals surface area contributed by atoms with E-state index in [0.29, 0.717) is 66.0 Å². The highest BCUT2D eigenvalue weighted by Gasteiger charge is 2.37. The zero-order valence-corrected chi connectivity index (χ0v) is 26.6. The van der Waals surface area contributed by atoms with E-state index in [1.807, 2.05) is 6.07 Å². The maximum absolute atomic E-state index is 13.8. The highest BCUT2D eigenvalue weighted by atomic mass is 16.5. The molecule has 0 unspecified atom stereocenters. The fourth-order valence-corrected chi connectivity index (χ4v) is 6.38. The third-order valence-electron chi connectivity index (χ3n) is 8.55. The molecule has 240 valence electrons. The van der Waals surface area contributed by atoms with Crippen LogP contribution in [0.15, 0.2) is 53.6 Å². The highest BCUT2D eigenvalue weighted by molar-refractivity contribution is 6.06. The smallest absolute Gasteiger partial charge is 0.276 e. The summed E-state index contributed by atoms with van der Waals surface area (Å²) in [5.41, 5.74) is 5.13. The number of hydrogen-bond acceptors (Lipinski definition) is 8. The van der Waals surface area contributed by atoms with Crippen molar-refractivity contribution in [2.24, 2.45) is 12.5 Å². The zero-order chi connectivity index (χ0) is 32.6. The van der Waals surface area contributed by atoms with Gasteiger partial charge in [-0.05, 0) is 53.6 Å². The molecule has 5 heterocycles. The topological polar surface area (TPSA) is 144 Å². The van der Waals surface area contributed by atoms with Crippen molar-refractivity contribution in [3.05, 3.63) is 81.7 Å². The van der Waals surface area contributed by atoms with Crippen molar-refractivity contribution in [3.63, 3.8) is 0 Å². The minimum absolute atomic E-state index is 0.0572. The van der Waals surface area contributed by atoms with Gasteiger partial charge in [0.2, 0.25) is 11.8 Å². The van der Waals surface area contributed by atoms with Gasteiger partial charge in [-0.15, -0.1) is 0 Å². The summed E-state index contributed by atoms with van der Waals surface area (Å²) in [4.78, 5) is 49.1. The lowest BCUT2D eigenvalue weighted by molar-refractivity contribution is -0.120. The third kappa shape index (κ3) is 6.00. The largest absolute Gasteiger partial charge is 0.476 e. The monoisotopic (exact) mass is 625 g/mol. The van der Waals surface area contributed by atoms with Crippen LogP contribution >= 0.6 is 0 Å². The first kappa shape index (κ1) is 31.0. The van der Waals surface area contributed by atoms with Crippen molar-refractivity contribution in [3.8, 4) is 17.0 Å². The number of nitrogens with zero attached hydrogens (tertiary/aromatic N) is 5. The van der Waals surface area contributed by atoms with Crippen LogP contribution in [-0.4, -0.2) is 55.7 Å². The molecule has 46 heavy (non-hydrogen) atoms. The Hall–Kier alpha value is -4.97. The van der Waals surface area contributed by atoms with Crippen molar-refractivity contribution in [2.45, 2.75) is 53.2 Å². The van der Waals surface area contributed by atoms with Crippen molar-refractivity contribution >= 4 is 29.1 Å². The van der Waals surface area contributed by atoms with E-state index in [1.165, 1.54) is 15.8 Å². The Morgan fingerprint density at radius 1 is 1.13 bits per heavy atom. The molecular formula is C34H39N7O5. The fraction of sp³-hybridized carbons (Fsp3) is 0.382. The molecule has 0 saturated heterocycles. The molecule has 0 saturated carbocycles. The number of ether oxygens (including phenoxy) is 1. The molecule has 1 aliphatic heterocycles. The lowest BCUT2D eigenvalue weighted by Gasteiger charge is -2.31. The molecule has 4 aromatic heterocycles. The van der Waals surface area contributed by atoms with Gasteiger partial charge in [-0.3, -0.25) is 19.3 Å². The molecule has 2 aliphatic rings. The van der Waals surface area contributed by atoms with Crippen LogP contribution in [0.25, 0.3) is 11.1 Å². The summed E-state index contributed by atoms with van der Waals surface area (Å²) >= 11 is 0. The van der Waals surface area contributed by atoms with E-state index in [2.05, 4.69) is 39.0 Å². The molecular weight excluding hydrogens is 586 g/mol. The second-order valence-electron chi connectivity index (χ2n) is 12.5. The number of carbonyl (C=O) groups is 2. The third-order valence-corrected chi connectivity index (χ3v) is 8.55. The quantitative estimate of drug-likeness (QED) is 0.227. The van der Waals surface area contributed by atoms with Crippen LogP contribution in [0.3, 0.4) is 0 Å². The lowest BCUT2D eigenvalue weighted by Crippen LogP contribution is -2.41. The van der Waals surface area contributed by atoms with Gasteiger partial charge in [-0.1, -0.05) is 26.8 Å². The van der Waals surface area contributed by atoms with Gasteiger partial charge < -0.3 is 29.6 Å². The molecule has 3 N–H and O–H groups in total. The number of aliphatic hydroxyl groups excluding tert-OH is 1. The first-order chi connectivity index (χ1) is 22.1. The SMILES string of the molecule is CCC(=O)NCCOc1cccc(Nc2cc(-c3ccnc(N4CCn5c(cc6c5CC(C)(C)C6)C4=O)c3CO)cn(C)c2=O)n1. The predicted octanol–water partition coefficient (Wildman–Crippen LogP) is 3.57. The molecule has 12 heteroatoms. The molecule has 0 aromatic carbocycles. The van der Waals surface area contributed by atoms with Crippen LogP contribution in [0.1, 0.15) is 54.5 Å². The van der Waals surface area contributed by atoms with Gasteiger partial charge in [0.05, 0.1) is 13.2 Å². The number of carbonyl (C=O) groups excluding carboxylic acids is 2. The number of aliphatic hydroxyl groups is 1. The molecule has 0 fully saturated rings. The number of pyridine rings is 3. The summed E-state index contributed by atoms with van der Waals surface area (Å²) in [5.74, 6) is 0.957. The summed E-state index contributed by atoms with van der Waals surface area (Å²) in [6.45, 7) is 7.63. The number of rotatable bonds is 10. The molecule has 6 rings (SSSR count). The van der Waals surface area contributed by atoms with Crippen molar-refractivity contribution < 1.29 is 19.4 Å². The van der Waals surface area contributed by atoms with Crippen LogP contribution in [0.2, 0.25) is 0 Å². The van der Waals surface area contributed by atoms with Crippen LogP contribution in [-0.2, 0) is 37.8 Å². The van der Waals surface area contributed by atoms with Crippen LogP contribution in [0, 0.1) is 5.41 Å². The summed E-state index contributed by atoms with van der Waals surface area (Å²) in [6, 6.07) is 10.7. The molecule has 0 bridgehead atoms. The Labute approximate surface area is 267 Å². The van der Waals surface area contributed by atoms with Gasteiger partial charge in [-0.25, -0.2) is 4.98 Å². The molecule has 12 nitrogen and oxygen atoms in total. The fourth-order valence-electron chi connectivity index (χ4n) is 6.38. The van der Waals surface area contributed by atoms with Crippen LogP contribution < -0.4 is 25.8 Å². The predicted molar refractivity (Wildman–Crippen MR) is 174 cm³/mol. The average molecular weight is 626 g/mol. The Morgan fingerprint density at radius 3 is 2.74 bits per heavy atom. The number of nitrogens with one attached hydrogen (secondary N) is 2. The van der Waals surface area contributed by atoms with Crippen LogP contribution in [0.5, 0.6) is 5.88 Å². The van der Waals surface area contributed by atoms with Crippen molar-refractivity contribution in [1.29, 1.82) is 0 Å². The molecule has 2 amide bonds. The van der Waals surface area contributed by atoms with E-state index in [0.717, 1.165) is 12.8 Å². The van der Waals surface area contributed by atoms with E-state index in [1.54, 1.807) is 61.6 Å². The summed E-state index contributed by atoms with van der Waals surface area (Å²) in [7, 11) is 1.65. The van der Waals surface area contributed by atoms with Gasteiger partial charge in [0.25, 0.3) is 11.5 Å². The lowest BCUT2D eigenvalue weighted by atomic mass is 9.90. The Balaban J connectivity index is 1.26. The Morgan fingerprint density at radius 2 is 1.96 bits per heavy atom. The molecule has 0 spiro atoms. The standard InChI is InChI=1S/C34H39N7O5/c1-5-29(43)35-11-14-46-30-8-6-7-28(38-30)37-25-15-22(19-39(4)32(25)44)23-9-10-36-31(24(23)20-42)41-13-12-40-26(33(41)45)16-21-17-34(2,3)18-27(21)40/h6-10,15-16,19,42H,5,11-14,17-18,20H2,1-4H3,(H,35,43)(H,37,38). The summed E-state index contributed by atoms with van der Waals surface area (Å²) < 4.78 is 9.27. The molecule has 4 aromatic rings. The summed E-state index contributed by atoms with van der Waals surface area (Å²) in [6.07, 6.45) is 5.60. The Kier molecular flexibility index (Phi) is 8.39. The van der Waals surface area contributed by atoms with Gasteiger partial charge in [-0.2, -0.15) is 4.98 Å². The van der Waals surface area contributed by atoms with Crippen molar-refractivity contribution in [2.75, 3.05) is 29.9 Å².